The lowest BCUT2D eigenvalue weighted by Gasteiger charge is -2.25. The molecule has 7 nitrogen and oxygen atoms in total. The number of hydrogen-bond acceptors (Lipinski definition) is 7. The number of nitrogens with zero attached hydrogens (tertiary/aromatic N) is 1. The summed E-state index contributed by atoms with van der Waals surface area (Å²) >= 11 is 0. The van der Waals surface area contributed by atoms with Crippen LogP contribution in [-0.4, -0.2) is 38.4 Å². The summed E-state index contributed by atoms with van der Waals surface area (Å²) in [5.74, 6) is 0.338. The Bertz CT molecular complexity index is 2140. The lowest BCUT2D eigenvalue weighted by molar-refractivity contribution is -0.139. The summed E-state index contributed by atoms with van der Waals surface area (Å²) in [7, 11) is 0. The van der Waals surface area contributed by atoms with Gasteiger partial charge in [0.05, 0.1) is 0 Å². The minimum Gasteiger partial charge on any atom is -0.490 e. The number of anilines is 3. The largest absolute Gasteiger partial charge is 0.490 e. The van der Waals surface area contributed by atoms with Crippen molar-refractivity contribution in [2.45, 2.75) is 6.42 Å². The first kappa shape index (κ1) is 38.6. The van der Waals surface area contributed by atoms with Gasteiger partial charge in [0.2, 0.25) is 0 Å². The van der Waals surface area contributed by atoms with Crippen LogP contribution in [0, 0.1) is 0 Å². The van der Waals surface area contributed by atoms with Crippen molar-refractivity contribution in [1.29, 1.82) is 0 Å². The van der Waals surface area contributed by atoms with Crippen LogP contribution in [0.4, 0.5) is 17.1 Å². The second-order valence-electron chi connectivity index (χ2n) is 12.6. The monoisotopic (exact) mass is 741 g/mol. The number of carbonyl (C=O) groups is 2. The average molecular weight is 742 g/mol. The average Bonchev–Trinajstić information content (AvgIpc) is 3.25. The zero-order valence-corrected chi connectivity index (χ0v) is 31.1. The molecule has 0 unspecified atom stereocenters. The van der Waals surface area contributed by atoms with Gasteiger partial charge in [0.1, 0.15) is 37.9 Å². The van der Waals surface area contributed by atoms with Crippen LogP contribution in [0.25, 0.3) is 11.6 Å². The Hall–Kier alpha value is -7.12. The standard InChI is InChI=1S/C49H43NO6/c1-3-48(51)55-33-31-53-45-27-19-40(20-28-45)47(41-21-29-46(30-22-41)54-32-34-56-49(52)4-2)36-39-17-25-44(26-18-39)50(42-13-9-6-10-14-42)43-23-15-38(16-24-43)35-37-11-7-5-8-12-37/h3-30,36H,1-2,31-35H2. The van der Waals surface area contributed by atoms with Gasteiger partial charge in [-0.15, -0.1) is 0 Å². The molecule has 0 aliphatic carbocycles. The third-order valence-corrected chi connectivity index (χ3v) is 8.78. The molecule has 0 fully saturated rings. The molecule has 0 aliphatic heterocycles. The highest BCUT2D eigenvalue weighted by Gasteiger charge is 2.13. The van der Waals surface area contributed by atoms with Crippen LogP contribution in [-0.2, 0) is 25.5 Å². The Kier molecular flexibility index (Phi) is 13.7. The van der Waals surface area contributed by atoms with E-state index in [1.807, 2.05) is 60.7 Å². The minimum absolute atomic E-state index is 0.125. The third kappa shape index (κ3) is 11.0. The van der Waals surface area contributed by atoms with Gasteiger partial charge in [-0.3, -0.25) is 0 Å². The number of rotatable bonds is 18. The molecule has 0 heterocycles. The van der Waals surface area contributed by atoms with E-state index in [0.717, 1.165) is 57.9 Å². The number of hydrogen-bond donors (Lipinski definition) is 0. The van der Waals surface area contributed by atoms with E-state index in [4.69, 9.17) is 18.9 Å². The molecule has 0 bridgehead atoms. The van der Waals surface area contributed by atoms with E-state index in [1.165, 1.54) is 11.1 Å². The van der Waals surface area contributed by atoms with Crippen molar-refractivity contribution in [2.75, 3.05) is 31.3 Å². The Morgan fingerprint density at radius 2 is 0.911 bits per heavy atom. The first-order valence-corrected chi connectivity index (χ1v) is 18.3. The zero-order chi connectivity index (χ0) is 39.0. The highest BCUT2D eigenvalue weighted by molar-refractivity contribution is 5.92. The molecule has 0 radical (unpaired) electrons. The van der Waals surface area contributed by atoms with Gasteiger partial charge >= 0.3 is 11.9 Å². The van der Waals surface area contributed by atoms with E-state index in [0.29, 0.717) is 11.5 Å². The summed E-state index contributed by atoms with van der Waals surface area (Å²) < 4.78 is 21.6. The van der Waals surface area contributed by atoms with Gasteiger partial charge in [-0.2, -0.15) is 0 Å². The van der Waals surface area contributed by atoms with E-state index < -0.39 is 11.9 Å². The molecule has 7 heteroatoms. The minimum atomic E-state index is -0.486. The molecule has 280 valence electrons. The van der Waals surface area contributed by atoms with Crippen molar-refractivity contribution in [1.82, 2.24) is 0 Å². The smallest absolute Gasteiger partial charge is 0.330 e. The van der Waals surface area contributed by atoms with E-state index in [-0.39, 0.29) is 26.4 Å². The summed E-state index contributed by atoms with van der Waals surface area (Å²) in [6.45, 7) is 7.51. The van der Waals surface area contributed by atoms with Crippen LogP contribution in [0.5, 0.6) is 11.5 Å². The lowest BCUT2D eigenvalue weighted by atomic mass is 9.95. The second kappa shape index (κ2) is 19.8. The molecule has 0 aliphatic rings. The maximum absolute atomic E-state index is 11.4. The van der Waals surface area contributed by atoms with Gasteiger partial charge in [-0.1, -0.05) is 110 Å². The third-order valence-electron chi connectivity index (χ3n) is 8.78. The van der Waals surface area contributed by atoms with Crippen LogP contribution in [0.15, 0.2) is 183 Å². The summed E-state index contributed by atoms with van der Waals surface area (Å²) in [6, 6.07) is 53.7. The van der Waals surface area contributed by atoms with E-state index >= 15 is 0 Å². The van der Waals surface area contributed by atoms with Crippen LogP contribution < -0.4 is 14.4 Å². The van der Waals surface area contributed by atoms with Crippen LogP contribution in [0.2, 0.25) is 0 Å². The topological polar surface area (TPSA) is 74.3 Å². The Balaban J connectivity index is 1.25. The molecular formula is C49H43NO6. The van der Waals surface area contributed by atoms with Crippen molar-refractivity contribution < 1.29 is 28.5 Å². The summed E-state index contributed by atoms with van der Waals surface area (Å²) in [5.41, 5.74) is 9.66. The molecule has 0 atom stereocenters. The highest BCUT2D eigenvalue weighted by Crippen LogP contribution is 2.36. The van der Waals surface area contributed by atoms with Gasteiger partial charge in [0.25, 0.3) is 0 Å². The quantitative estimate of drug-likeness (QED) is 0.0376. The Labute approximate surface area is 328 Å². The normalized spacial score (nSPS) is 10.4. The summed E-state index contributed by atoms with van der Waals surface area (Å²) in [6.07, 6.45) is 5.29. The molecule has 0 N–H and O–H groups in total. The lowest BCUT2D eigenvalue weighted by Crippen LogP contribution is -2.10. The highest BCUT2D eigenvalue weighted by atomic mass is 16.6. The number of carbonyl (C=O) groups excluding carboxylic acids is 2. The van der Waals surface area contributed by atoms with Crippen molar-refractivity contribution in [3.8, 4) is 11.5 Å². The first-order valence-electron chi connectivity index (χ1n) is 18.3. The van der Waals surface area contributed by atoms with E-state index in [9.17, 15) is 9.59 Å². The number of ether oxygens (including phenoxy) is 4. The molecule has 0 amide bonds. The predicted octanol–water partition coefficient (Wildman–Crippen LogP) is 10.6. The maximum Gasteiger partial charge on any atom is 0.330 e. The first-order chi connectivity index (χ1) is 27.5. The van der Waals surface area contributed by atoms with Crippen molar-refractivity contribution in [3.63, 3.8) is 0 Å². The van der Waals surface area contributed by atoms with Gasteiger partial charge < -0.3 is 23.8 Å². The molecule has 6 aromatic rings. The Morgan fingerprint density at radius 3 is 1.39 bits per heavy atom. The van der Waals surface area contributed by atoms with Crippen molar-refractivity contribution >= 4 is 40.6 Å². The van der Waals surface area contributed by atoms with Crippen molar-refractivity contribution in [2.24, 2.45) is 0 Å². The van der Waals surface area contributed by atoms with E-state index in [2.05, 4.69) is 121 Å². The number of benzene rings is 6. The molecule has 56 heavy (non-hydrogen) atoms. The van der Waals surface area contributed by atoms with Gasteiger partial charge in [-0.25, -0.2) is 9.59 Å². The number of esters is 2. The van der Waals surface area contributed by atoms with Crippen LogP contribution in [0.3, 0.4) is 0 Å². The summed E-state index contributed by atoms with van der Waals surface area (Å²) in [4.78, 5) is 25.0. The van der Waals surface area contributed by atoms with Crippen molar-refractivity contribution in [3.05, 3.63) is 211 Å². The van der Waals surface area contributed by atoms with Gasteiger partial charge in [0.15, 0.2) is 0 Å². The SMILES string of the molecule is C=CC(=O)OCCOc1ccc(C(=Cc2ccc(N(c3ccccc3)c3ccc(Cc4ccccc4)cc3)cc2)c2ccc(OCCOC(=O)C=C)cc2)cc1. The van der Waals surface area contributed by atoms with Crippen LogP contribution in [0.1, 0.15) is 27.8 Å². The molecule has 6 aromatic carbocycles. The summed E-state index contributed by atoms with van der Waals surface area (Å²) in [5, 5.41) is 0. The Morgan fingerprint density at radius 1 is 0.482 bits per heavy atom. The van der Waals surface area contributed by atoms with Crippen LogP contribution >= 0.6 is 0 Å². The second-order valence-corrected chi connectivity index (χ2v) is 12.6. The molecule has 6 rings (SSSR count). The molecular weight excluding hydrogens is 699 g/mol. The fraction of sp³-hybridized carbons (Fsp3) is 0.102. The molecule has 0 aromatic heterocycles. The predicted molar refractivity (Wildman–Crippen MR) is 224 cm³/mol. The molecule has 0 saturated heterocycles. The fourth-order valence-corrected chi connectivity index (χ4v) is 6.02. The maximum atomic E-state index is 11.4. The molecule has 0 spiro atoms. The zero-order valence-electron chi connectivity index (χ0n) is 31.1. The van der Waals surface area contributed by atoms with Gasteiger partial charge in [-0.05, 0) is 107 Å². The number of para-hydroxylation sites is 1. The van der Waals surface area contributed by atoms with E-state index in [1.54, 1.807) is 0 Å². The van der Waals surface area contributed by atoms with Gasteiger partial charge in [0, 0.05) is 29.2 Å². The fourth-order valence-electron chi connectivity index (χ4n) is 6.02. The molecule has 0 saturated carbocycles.